The van der Waals surface area contributed by atoms with Crippen molar-refractivity contribution >= 4 is 22.7 Å². The SMILES string of the molecule is CC(C)c1ccc(C(=O)COC(=O)c2ccccc2Cc2nc3ccccc3c(=O)[nH]2)cc1. The molecule has 1 aromatic heterocycles. The number of carbonyl (C=O) groups excluding carboxylic acids is 2. The Kier molecular flexibility index (Phi) is 6.45. The van der Waals surface area contributed by atoms with Gasteiger partial charge in [0.2, 0.25) is 0 Å². The van der Waals surface area contributed by atoms with E-state index >= 15 is 0 Å². The molecule has 33 heavy (non-hydrogen) atoms. The maximum atomic E-state index is 12.7. The number of carbonyl (C=O) groups is 2. The summed E-state index contributed by atoms with van der Waals surface area (Å²) in [6.45, 7) is 3.82. The Bertz CT molecular complexity index is 1370. The van der Waals surface area contributed by atoms with Gasteiger partial charge in [-0.2, -0.15) is 0 Å². The summed E-state index contributed by atoms with van der Waals surface area (Å²) in [7, 11) is 0. The van der Waals surface area contributed by atoms with Gasteiger partial charge in [0.25, 0.3) is 5.56 Å². The minimum atomic E-state index is -0.596. The van der Waals surface area contributed by atoms with Gasteiger partial charge in [0, 0.05) is 12.0 Å². The van der Waals surface area contributed by atoms with E-state index in [4.69, 9.17) is 4.74 Å². The van der Waals surface area contributed by atoms with E-state index in [-0.39, 0.29) is 24.4 Å². The molecule has 0 unspecified atom stereocenters. The summed E-state index contributed by atoms with van der Waals surface area (Å²) in [6, 6.07) is 21.3. The van der Waals surface area contributed by atoms with E-state index in [0.29, 0.717) is 39.3 Å². The number of Topliss-reactive ketones (excluding diaryl/α,β-unsaturated/α-hetero) is 1. The zero-order valence-electron chi connectivity index (χ0n) is 18.5. The number of nitrogens with one attached hydrogen (secondary N) is 1. The molecule has 4 aromatic rings. The minimum absolute atomic E-state index is 0.232. The molecule has 166 valence electrons. The predicted octanol–water partition coefficient (Wildman–Crippen LogP) is 4.68. The van der Waals surface area contributed by atoms with Crippen LogP contribution in [-0.2, 0) is 11.2 Å². The van der Waals surface area contributed by atoms with Crippen molar-refractivity contribution in [2.45, 2.75) is 26.2 Å². The summed E-state index contributed by atoms with van der Waals surface area (Å²) >= 11 is 0. The quantitative estimate of drug-likeness (QED) is 0.333. The summed E-state index contributed by atoms with van der Waals surface area (Å²) < 4.78 is 5.31. The first-order valence-electron chi connectivity index (χ1n) is 10.8. The molecule has 0 aliphatic carbocycles. The number of fused-ring (bicyclic) bond motifs is 1. The first-order valence-corrected chi connectivity index (χ1v) is 10.8. The average molecular weight is 440 g/mol. The number of para-hydroxylation sites is 1. The van der Waals surface area contributed by atoms with Crippen molar-refractivity contribution in [3.8, 4) is 0 Å². The van der Waals surface area contributed by atoms with Crippen LogP contribution in [0.1, 0.15) is 57.4 Å². The van der Waals surface area contributed by atoms with Crippen LogP contribution in [0.25, 0.3) is 10.9 Å². The Balaban J connectivity index is 1.48. The van der Waals surface area contributed by atoms with Gasteiger partial charge in [-0.25, -0.2) is 9.78 Å². The Morgan fingerprint density at radius 3 is 2.39 bits per heavy atom. The van der Waals surface area contributed by atoms with Gasteiger partial charge in [0.05, 0.1) is 16.5 Å². The van der Waals surface area contributed by atoms with E-state index in [0.717, 1.165) is 5.56 Å². The molecule has 0 radical (unpaired) electrons. The normalized spacial score (nSPS) is 11.0. The Morgan fingerprint density at radius 1 is 0.939 bits per heavy atom. The Morgan fingerprint density at radius 2 is 1.64 bits per heavy atom. The van der Waals surface area contributed by atoms with Gasteiger partial charge in [-0.1, -0.05) is 68.4 Å². The Hall–Kier alpha value is -4.06. The lowest BCUT2D eigenvalue weighted by Crippen LogP contribution is -2.17. The molecular weight excluding hydrogens is 416 g/mol. The van der Waals surface area contributed by atoms with E-state index in [2.05, 4.69) is 23.8 Å². The van der Waals surface area contributed by atoms with Gasteiger partial charge in [-0.05, 0) is 35.2 Å². The molecule has 1 N–H and O–H groups in total. The van der Waals surface area contributed by atoms with E-state index in [1.807, 2.05) is 18.2 Å². The monoisotopic (exact) mass is 440 g/mol. The number of nitrogens with zero attached hydrogens (tertiary/aromatic N) is 1. The maximum absolute atomic E-state index is 12.7. The smallest absolute Gasteiger partial charge is 0.338 e. The van der Waals surface area contributed by atoms with Crippen LogP contribution in [0, 0.1) is 0 Å². The van der Waals surface area contributed by atoms with Crippen molar-refractivity contribution in [3.05, 3.63) is 111 Å². The Labute approximate surface area is 191 Å². The summed E-state index contributed by atoms with van der Waals surface area (Å²) in [5.74, 6) is -0.0478. The predicted molar refractivity (Wildman–Crippen MR) is 127 cm³/mol. The molecule has 0 saturated carbocycles. The van der Waals surface area contributed by atoms with Crippen molar-refractivity contribution in [2.24, 2.45) is 0 Å². The molecule has 0 amide bonds. The molecule has 0 bridgehead atoms. The number of H-pyrrole nitrogens is 1. The van der Waals surface area contributed by atoms with Crippen molar-refractivity contribution in [1.82, 2.24) is 9.97 Å². The second kappa shape index (κ2) is 9.61. The fraction of sp³-hybridized carbons (Fsp3) is 0.185. The number of hydrogen-bond acceptors (Lipinski definition) is 5. The average Bonchev–Trinajstić information content (AvgIpc) is 2.83. The number of ether oxygens (including phenoxy) is 1. The van der Waals surface area contributed by atoms with Crippen LogP contribution in [0.5, 0.6) is 0 Å². The van der Waals surface area contributed by atoms with E-state index in [1.54, 1.807) is 54.6 Å². The lowest BCUT2D eigenvalue weighted by molar-refractivity contribution is 0.0473. The fourth-order valence-corrected chi connectivity index (χ4v) is 3.62. The summed E-state index contributed by atoms with van der Waals surface area (Å²) in [4.78, 5) is 44.9. The molecular formula is C27H24N2O4. The fourth-order valence-electron chi connectivity index (χ4n) is 3.62. The lowest BCUT2D eigenvalue weighted by Gasteiger charge is -2.10. The number of aromatic nitrogens is 2. The topological polar surface area (TPSA) is 89.1 Å². The van der Waals surface area contributed by atoms with E-state index in [1.165, 1.54) is 0 Å². The second-order valence-electron chi connectivity index (χ2n) is 8.14. The third kappa shape index (κ3) is 5.06. The third-order valence-corrected chi connectivity index (χ3v) is 5.49. The van der Waals surface area contributed by atoms with Crippen LogP contribution in [0.3, 0.4) is 0 Å². The highest BCUT2D eigenvalue weighted by atomic mass is 16.5. The molecule has 3 aromatic carbocycles. The number of aromatic amines is 1. The highest BCUT2D eigenvalue weighted by Gasteiger charge is 2.16. The van der Waals surface area contributed by atoms with Gasteiger partial charge in [-0.3, -0.25) is 9.59 Å². The first-order chi connectivity index (χ1) is 15.9. The largest absolute Gasteiger partial charge is 0.454 e. The summed E-state index contributed by atoms with van der Waals surface area (Å²) in [6.07, 6.45) is 0.246. The lowest BCUT2D eigenvalue weighted by atomic mass is 10.0. The standard InChI is InChI=1S/C27H24N2O4/c1-17(2)18-11-13-19(14-12-18)24(30)16-33-27(32)21-8-4-3-7-20(21)15-25-28-23-10-6-5-9-22(23)26(31)29-25/h3-14,17H,15-16H2,1-2H3,(H,28,29,31). The number of rotatable bonds is 7. The zero-order chi connectivity index (χ0) is 23.4. The molecule has 0 aliphatic heterocycles. The first kappa shape index (κ1) is 22.1. The van der Waals surface area contributed by atoms with E-state index in [9.17, 15) is 14.4 Å². The van der Waals surface area contributed by atoms with Crippen molar-refractivity contribution in [1.29, 1.82) is 0 Å². The molecule has 6 heteroatoms. The highest BCUT2D eigenvalue weighted by Crippen LogP contribution is 2.17. The van der Waals surface area contributed by atoms with Gasteiger partial charge in [-0.15, -0.1) is 0 Å². The van der Waals surface area contributed by atoms with E-state index < -0.39 is 5.97 Å². The van der Waals surface area contributed by atoms with Crippen LogP contribution >= 0.6 is 0 Å². The van der Waals surface area contributed by atoms with Crippen molar-refractivity contribution in [3.63, 3.8) is 0 Å². The maximum Gasteiger partial charge on any atom is 0.338 e. The van der Waals surface area contributed by atoms with Gasteiger partial charge >= 0.3 is 5.97 Å². The van der Waals surface area contributed by atoms with Crippen LogP contribution in [0.4, 0.5) is 0 Å². The van der Waals surface area contributed by atoms with Gasteiger partial charge in [0.1, 0.15) is 5.82 Å². The number of hydrogen-bond donors (Lipinski definition) is 1. The molecule has 6 nitrogen and oxygen atoms in total. The van der Waals surface area contributed by atoms with Crippen molar-refractivity contribution < 1.29 is 14.3 Å². The minimum Gasteiger partial charge on any atom is -0.454 e. The molecule has 0 spiro atoms. The van der Waals surface area contributed by atoms with Crippen LogP contribution in [0.15, 0.2) is 77.6 Å². The zero-order valence-corrected chi connectivity index (χ0v) is 18.5. The molecule has 0 fully saturated rings. The molecule has 0 aliphatic rings. The molecule has 4 rings (SSSR count). The molecule has 0 saturated heterocycles. The van der Waals surface area contributed by atoms with Crippen LogP contribution < -0.4 is 5.56 Å². The number of esters is 1. The van der Waals surface area contributed by atoms with Crippen LogP contribution in [-0.4, -0.2) is 28.3 Å². The third-order valence-electron chi connectivity index (χ3n) is 5.49. The highest BCUT2D eigenvalue weighted by molar-refractivity contribution is 5.99. The summed E-state index contributed by atoms with van der Waals surface area (Å²) in [5.41, 5.74) is 2.97. The number of benzene rings is 3. The van der Waals surface area contributed by atoms with Crippen LogP contribution in [0.2, 0.25) is 0 Å². The number of ketones is 1. The van der Waals surface area contributed by atoms with Gasteiger partial charge < -0.3 is 9.72 Å². The van der Waals surface area contributed by atoms with Gasteiger partial charge in [0.15, 0.2) is 12.4 Å². The molecule has 0 atom stereocenters. The summed E-state index contributed by atoms with van der Waals surface area (Å²) in [5, 5.41) is 0.508. The second-order valence-corrected chi connectivity index (χ2v) is 8.14. The molecule has 1 heterocycles. The van der Waals surface area contributed by atoms with Crippen molar-refractivity contribution in [2.75, 3.05) is 6.61 Å².